The van der Waals surface area contributed by atoms with Crippen molar-refractivity contribution < 1.29 is 22.4 Å². The van der Waals surface area contributed by atoms with Gasteiger partial charge >= 0.3 is 6.18 Å². The molecule has 0 aromatic heterocycles. The highest BCUT2D eigenvalue weighted by Crippen LogP contribution is 2.43. The normalized spacial score (nSPS) is 15.9. The van der Waals surface area contributed by atoms with Crippen LogP contribution in [0.3, 0.4) is 0 Å². The van der Waals surface area contributed by atoms with Gasteiger partial charge < -0.3 is 5.32 Å². The van der Waals surface area contributed by atoms with Crippen molar-refractivity contribution in [2.75, 3.05) is 5.32 Å². The number of Topliss-reactive ketones (excluding diaryl/α,β-unsaturated/α-hetero) is 1. The summed E-state index contributed by atoms with van der Waals surface area (Å²) in [5.74, 6) is -0.452. The van der Waals surface area contributed by atoms with Crippen molar-refractivity contribution in [2.24, 2.45) is 5.92 Å². The van der Waals surface area contributed by atoms with Crippen molar-refractivity contribution in [3.63, 3.8) is 0 Å². The lowest BCUT2D eigenvalue weighted by Gasteiger charge is -2.27. The SMILES string of the molecule is C/C=C(/C)C(C)CC(C)c1c(C(=O)CCC)ccc(C(F)(F)F)c1NC(C)F. The predicted molar refractivity (Wildman–Crippen MR) is 107 cm³/mol. The fourth-order valence-corrected chi connectivity index (χ4v) is 3.45. The minimum absolute atomic E-state index is 0.124. The molecular weight excluding hydrogens is 370 g/mol. The van der Waals surface area contributed by atoms with Crippen LogP contribution >= 0.6 is 0 Å². The average Bonchev–Trinajstić information content (AvgIpc) is 2.58. The molecule has 0 fully saturated rings. The molecule has 0 aliphatic heterocycles. The maximum atomic E-state index is 13.8. The summed E-state index contributed by atoms with van der Waals surface area (Å²) in [4.78, 5) is 12.6. The Morgan fingerprint density at radius 3 is 2.29 bits per heavy atom. The lowest BCUT2D eigenvalue weighted by Crippen LogP contribution is -2.20. The van der Waals surface area contributed by atoms with Gasteiger partial charge in [-0.3, -0.25) is 4.79 Å². The molecule has 3 atom stereocenters. The van der Waals surface area contributed by atoms with Crippen LogP contribution in [0.15, 0.2) is 23.8 Å². The monoisotopic (exact) mass is 401 g/mol. The van der Waals surface area contributed by atoms with E-state index in [1.54, 1.807) is 6.92 Å². The van der Waals surface area contributed by atoms with E-state index in [1.807, 2.05) is 33.8 Å². The smallest absolute Gasteiger partial charge is 0.356 e. The van der Waals surface area contributed by atoms with Crippen molar-refractivity contribution in [1.82, 2.24) is 0 Å². The Morgan fingerprint density at radius 1 is 1.21 bits per heavy atom. The van der Waals surface area contributed by atoms with Crippen LogP contribution in [0.2, 0.25) is 0 Å². The molecule has 0 amide bonds. The highest BCUT2D eigenvalue weighted by Gasteiger charge is 2.37. The first-order valence-electron chi connectivity index (χ1n) is 9.74. The van der Waals surface area contributed by atoms with Crippen molar-refractivity contribution in [3.8, 4) is 0 Å². The third-order valence-corrected chi connectivity index (χ3v) is 5.10. The van der Waals surface area contributed by atoms with Crippen LogP contribution in [0.1, 0.15) is 88.2 Å². The zero-order chi connectivity index (χ0) is 21.6. The van der Waals surface area contributed by atoms with Crippen LogP contribution in [0.5, 0.6) is 0 Å². The molecule has 1 aromatic carbocycles. The van der Waals surface area contributed by atoms with Crippen LogP contribution in [-0.4, -0.2) is 12.1 Å². The Hall–Kier alpha value is -1.85. The summed E-state index contributed by atoms with van der Waals surface area (Å²) in [6, 6.07) is 2.12. The molecule has 0 saturated heterocycles. The second-order valence-corrected chi connectivity index (χ2v) is 7.45. The molecule has 0 aliphatic carbocycles. The van der Waals surface area contributed by atoms with Gasteiger partial charge in [-0.25, -0.2) is 4.39 Å². The van der Waals surface area contributed by atoms with E-state index in [9.17, 15) is 22.4 Å². The number of anilines is 1. The van der Waals surface area contributed by atoms with Crippen molar-refractivity contribution in [3.05, 3.63) is 40.5 Å². The largest absolute Gasteiger partial charge is 0.418 e. The number of hydrogen-bond donors (Lipinski definition) is 1. The molecule has 0 bridgehead atoms. The number of nitrogens with one attached hydrogen (secondary N) is 1. The minimum atomic E-state index is -4.65. The quantitative estimate of drug-likeness (QED) is 0.201. The molecule has 1 aromatic rings. The van der Waals surface area contributed by atoms with Gasteiger partial charge in [0.1, 0.15) is 0 Å². The van der Waals surface area contributed by atoms with E-state index in [-0.39, 0.29) is 40.9 Å². The maximum Gasteiger partial charge on any atom is 0.418 e. The summed E-state index contributed by atoms with van der Waals surface area (Å²) in [5, 5.41) is 2.33. The minimum Gasteiger partial charge on any atom is -0.356 e. The average molecular weight is 401 g/mol. The van der Waals surface area contributed by atoms with E-state index in [2.05, 4.69) is 5.32 Å². The van der Waals surface area contributed by atoms with Gasteiger partial charge in [0.05, 0.1) is 11.3 Å². The molecular formula is C22H31F4NO. The fraction of sp³-hybridized carbons (Fsp3) is 0.591. The number of alkyl halides is 4. The number of allylic oxidation sites excluding steroid dienone is 2. The van der Waals surface area contributed by atoms with Gasteiger partial charge in [-0.05, 0) is 57.1 Å². The first-order chi connectivity index (χ1) is 12.9. The van der Waals surface area contributed by atoms with Crippen LogP contribution in [0.25, 0.3) is 0 Å². The van der Waals surface area contributed by atoms with Crippen LogP contribution < -0.4 is 5.32 Å². The molecule has 0 heterocycles. The van der Waals surface area contributed by atoms with Crippen LogP contribution in [0, 0.1) is 5.92 Å². The number of rotatable bonds is 9. The van der Waals surface area contributed by atoms with Crippen LogP contribution in [-0.2, 0) is 6.18 Å². The number of ketones is 1. The summed E-state index contributed by atoms with van der Waals surface area (Å²) in [7, 11) is 0. The first kappa shape index (κ1) is 24.2. The molecule has 1 N–H and O–H groups in total. The van der Waals surface area contributed by atoms with Crippen molar-refractivity contribution in [2.45, 2.75) is 79.2 Å². The summed E-state index contributed by atoms with van der Waals surface area (Å²) in [5.41, 5.74) is 0.363. The number of hydrogen-bond acceptors (Lipinski definition) is 2. The second kappa shape index (κ2) is 10.1. The van der Waals surface area contributed by atoms with Crippen molar-refractivity contribution >= 4 is 11.5 Å². The summed E-state index contributed by atoms with van der Waals surface area (Å²) in [6.07, 6.45) is -2.99. The molecule has 2 nitrogen and oxygen atoms in total. The summed E-state index contributed by atoms with van der Waals surface area (Å²) in [6.45, 7) is 10.7. The van der Waals surface area contributed by atoms with Gasteiger partial charge in [0.2, 0.25) is 0 Å². The molecule has 0 spiro atoms. The van der Waals surface area contributed by atoms with E-state index < -0.39 is 18.0 Å². The molecule has 1 rings (SSSR count). The summed E-state index contributed by atoms with van der Waals surface area (Å²) >= 11 is 0. The molecule has 6 heteroatoms. The van der Waals surface area contributed by atoms with Gasteiger partial charge in [-0.2, -0.15) is 13.2 Å². The van der Waals surface area contributed by atoms with Gasteiger partial charge in [-0.15, -0.1) is 0 Å². The standard InChI is InChI=1S/C22H31F4NO/c1-7-9-19(28)17-10-11-18(22(24,25)26)21(27-16(6)23)20(17)15(5)12-14(4)13(3)8-2/h8,10-11,14-16,27H,7,9,12H2,1-6H3/b13-8-. The number of carbonyl (C=O) groups excluding carboxylic acids is 1. The molecule has 28 heavy (non-hydrogen) atoms. The summed E-state index contributed by atoms with van der Waals surface area (Å²) < 4.78 is 54.6. The van der Waals surface area contributed by atoms with Gasteiger partial charge in [0, 0.05) is 12.0 Å². The van der Waals surface area contributed by atoms with E-state index in [1.165, 1.54) is 6.07 Å². The Bertz CT molecular complexity index is 707. The van der Waals surface area contributed by atoms with Crippen LogP contribution in [0.4, 0.5) is 23.2 Å². The molecule has 158 valence electrons. The first-order valence-corrected chi connectivity index (χ1v) is 9.74. The number of halogens is 4. The van der Waals surface area contributed by atoms with E-state index in [0.717, 1.165) is 18.6 Å². The van der Waals surface area contributed by atoms with Crippen molar-refractivity contribution in [1.29, 1.82) is 0 Å². The third kappa shape index (κ3) is 6.08. The number of benzene rings is 1. The Morgan fingerprint density at radius 2 is 1.82 bits per heavy atom. The van der Waals surface area contributed by atoms with Gasteiger partial charge in [0.25, 0.3) is 0 Å². The lowest BCUT2D eigenvalue weighted by molar-refractivity contribution is -0.137. The highest BCUT2D eigenvalue weighted by atomic mass is 19.4. The van der Waals surface area contributed by atoms with Gasteiger partial charge in [0.15, 0.2) is 12.1 Å². The maximum absolute atomic E-state index is 13.8. The number of carbonyl (C=O) groups is 1. The van der Waals surface area contributed by atoms with E-state index in [4.69, 9.17) is 0 Å². The van der Waals surface area contributed by atoms with Gasteiger partial charge in [-0.1, -0.05) is 38.5 Å². The zero-order valence-electron chi connectivity index (χ0n) is 17.5. The molecule has 3 unspecified atom stereocenters. The van der Waals surface area contributed by atoms with E-state index in [0.29, 0.717) is 12.8 Å². The highest BCUT2D eigenvalue weighted by molar-refractivity contribution is 5.99. The molecule has 0 radical (unpaired) electrons. The van der Waals surface area contributed by atoms with E-state index >= 15 is 0 Å². The Labute approximate surface area is 165 Å². The third-order valence-electron chi connectivity index (χ3n) is 5.10. The molecule has 0 aliphatic rings. The predicted octanol–water partition coefficient (Wildman–Crippen LogP) is 7.51. The molecule has 0 saturated carbocycles. The lowest BCUT2D eigenvalue weighted by atomic mass is 9.82. The topological polar surface area (TPSA) is 29.1 Å². The fourth-order valence-electron chi connectivity index (χ4n) is 3.45. The Kier molecular flexibility index (Phi) is 8.71. The zero-order valence-corrected chi connectivity index (χ0v) is 17.5. The second-order valence-electron chi connectivity index (χ2n) is 7.45. The Balaban J connectivity index is 3.65.